The van der Waals surface area contributed by atoms with Crippen molar-refractivity contribution in [3.8, 4) is 0 Å². The summed E-state index contributed by atoms with van der Waals surface area (Å²) in [5.41, 5.74) is 0.371. The summed E-state index contributed by atoms with van der Waals surface area (Å²) in [6.45, 7) is 8.94. The van der Waals surface area contributed by atoms with E-state index in [1.807, 2.05) is 0 Å². The van der Waals surface area contributed by atoms with Crippen molar-refractivity contribution in [2.24, 2.45) is 5.92 Å². The summed E-state index contributed by atoms with van der Waals surface area (Å²) in [6.07, 6.45) is 4.84. The summed E-state index contributed by atoms with van der Waals surface area (Å²) in [4.78, 5) is 16.5. The van der Waals surface area contributed by atoms with Gasteiger partial charge in [0.15, 0.2) is 0 Å². The van der Waals surface area contributed by atoms with Crippen molar-refractivity contribution >= 4 is 6.09 Å². The molecule has 5 nitrogen and oxygen atoms in total. The van der Waals surface area contributed by atoms with Gasteiger partial charge in [-0.3, -0.25) is 4.90 Å². The average Bonchev–Trinajstić information content (AvgIpc) is 3.06. The van der Waals surface area contributed by atoms with Crippen molar-refractivity contribution < 1.29 is 14.3 Å². The fourth-order valence-corrected chi connectivity index (χ4v) is 4.40. The lowest BCUT2D eigenvalue weighted by atomic mass is 9.83. The molecule has 0 bridgehead atoms. The molecule has 0 saturated carbocycles. The van der Waals surface area contributed by atoms with Crippen molar-refractivity contribution in [1.29, 1.82) is 0 Å². The van der Waals surface area contributed by atoms with Crippen LogP contribution in [0.5, 0.6) is 0 Å². The Balaban J connectivity index is 1.53. The summed E-state index contributed by atoms with van der Waals surface area (Å²) in [6, 6.07) is 0.417. The fourth-order valence-electron chi connectivity index (χ4n) is 4.40. The van der Waals surface area contributed by atoms with E-state index in [0.29, 0.717) is 50.4 Å². The summed E-state index contributed by atoms with van der Waals surface area (Å²) in [5.74, 6) is 0.681. The van der Waals surface area contributed by atoms with Crippen molar-refractivity contribution in [2.75, 3.05) is 39.5 Å². The van der Waals surface area contributed by atoms with Gasteiger partial charge in [-0.25, -0.2) is 4.79 Å². The van der Waals surface area contributed by atoms with Crippen molar-refractivity contribution in [1.82, 2.24) is 9.80 Å². The van der Waals surface area contributed by atoms with Gasteiger partial charge in [-0.05, 0) is 38.1 Å². The molecule has 120 valence electrons. The third kappa shape index (κ3) is 2.78. The highest BCUT2D eigenvalue weighted by Gasteiger charge is 2.50. The Kier molecular flexibility index (Phi) is 4.41. The molecule has 0 aliphatic carbocycles. The van der Waals surface area contributed by atoms with E-state index in [4.69, 9.17) is 9.47 Å². The molecule has 0 spiro atoms. The molecule has 3 aliphatic heterocycles. The summed E-state index contributed by atoms with van der Waals surface area (Å²) in [7, 11) is 0. The molecule has 3 fully saturated rings. The van der Waals surface area contributed by atoms with E-state index >= 15 is 0 Å². The minimum atomic E-state index is -0.167. The van der Waals surface area contributed by atoms with Crippen LogP contribution < -0.4 is 0 Å². The second kappa shape index (κ2) is 6.13. The number of fused-ring (bicyclic) bond motifs is 1. The number of carbonyl (C=O) groups excluding carboxylic acids is 1. The molecule has 2 unspecified atom stereocenters. The first-order valence-electron chi connectivity index (χ1n) is 8.40. The molecule has 0 aromatic carbocycles. The van der Waals surface area contributed by atoms with Crippen LogP contribution in [0.1, 0.15) is 39.5 Å². The fraction of sp³-hybridized carbons (Fsp3) is 0.938. The van der Waals surface area contributed by atoms with Gasteiger partial charge in [0.1, 0.15) is 6.61 Å². The van der Waals surface area contributed by atoms with Crippen LogP contribution in [-0.2, 0) is 9.47 Å². The first-order valence-corrected chi connectivity index (χ1v) is 8.40. The predicted octanol–water partition coefficient (Wildman–Crippen LogP) is 2.11. The second-order valence-corrected chi connectivity index (χ2v) is 6.92. The lowest BCUT2D eigenvalue weighted by Crippen LogP contribution is -2.48. The molecule has 1 amide bonds. The zero-order valence-corrected chi connectivity index (χ0v) is 13.3. The largest absolute Gasteiger partial charge is 0.448 e. The van der Waals surface area contributed by atoms with Crippen LogP contribution in [0, 0.1) is 5.92 Å². The van der Waals surface area contributed by atoms with Gasteiger partial charge in [0.25, 0.3) is 0 Å². The Morgan fingerprint density at radius 2 is 2.05 bits per heavy atom. The van der Waals surface area contributed by atoms with E-state index in [-0.39, 0.29) is 6.09 Å². The van der Waals surface area contributed by atoms with Crippen LogP contribution in [0.25, 0.3) is 0 Å². The Morgan fingerprint density at radius 1 is 1.29 bits per heavy atom. The van der Waals surface area contributed by atoms with Gasteiger partial charge in [0.05, 0.1) is 13.2 Å². The zero-order chi connectivity index (χ0) is 14.9. The average molecular weight is 296 g/mol. The second-order valence-electron chi connectivity index (χ2n) is 6.92. The third-order valence-electron chi connectivity index (χ3n) is 5.68. The summed E-state index contributed by atoms with van der Waals surface area (Å²) >= 11 is 0. The van der Waals surface area contributed by atoms with E-state index in [2.05, 4.69) is 18.7 Å². The Hall–Kier alpha value is -0.810. The number of amides is 1. The van der Waals surface area contributed by atoms with E-state index in [1.54, 1.807) is 4.90 Å². The standard InChI is InChI=1S/C16H28N2O3/c1-13(2)16-5-3-7-18(16)14(4-6-16)12-21-15(19)17-8-10-20-11-9-17/h13-14H,3-12H2,1-2H3. The Labute approximate surface area is 127 Å². The molecule has 2 atom stereocenters. The maximum absolute atomic E-state index is 12.1. The van der Waals surface area contributed by atoms with Gasteiger partial charge in [0, 0.05) is 24.7 Å². The van der Waals surface area contributed by atoms with Crippen LogP contribution >= 0.6 is 0 Å². The smallest absolute Gasteiger partial charge is 0.409 e. The van der Waals surface area contributed by atoms with Gasteiger partial charge in [-0.15, -0.1) is 0 Å². The van der Waals surface area contributed by atoms with Crippen LogP contribution in [0.15, 0.2) is 0 Å². The van der Waals surface area contributed by atoms with Gasteiger partial charge in [-0.2, -0.15) is 0 Å². The first kappa shape index (κ1) is 15.1. The topological polar surface area (TPSA) is 42.0 Å². The van der Waals surface area contributed by atoms with Gasteiger partial charge in [-0.1, -0.05) is 13.8 Å². The molecule has 5 heteroatoms. The quantitative estimate of drug-likeness (QED) is 0.800. The number of nitrogens with zero attached hydrogens (tertiary/aromatic N) is 2. The number of rotatable bonds is 3. The first-order chi connectivity index (χ1) is 10.1. The lowest BCUT2D eigenvalue weighted by molar-refractivity contribution is 0.0144. The van der Waals surface area contributed by atoms with Crippen LogP contribution in [-0.4, -0.2) is 66.9 Å². The normalized spacial score (nSPS) is 33.5. The molecular formula is C16H28N2O3. The molecule has 0 aromatic heterocycles. The summed E-state index contributed by atoms with van der Waals surface area (Å²) < 4.78 is 10.9. The predicted molar refractivity (Wildman–Crippen MR) is 80.3 cm³/mol. The SMILES string of the molecule is CC(C)C12CCCN1C(COC(=O)N1CCOCC1)CC2. The van der Waals surface area contributed by atoms with Gasteiger partial charge in [0.2, 0.25) is 0 Å². The van der Waals surface area contributed by atoms with Crippen molar-refractivity contribution in [3.05, 3.63) is 0 Å². The van der Waals surface area contributed by atoms with E-state index in [1.165, 1.54) is 19.3 Å². The number of ether oxygens (including phenoxy) is 2. The molecule has 3 heterocycles. The van der Waals surface area contributed by atoms with Crippen LogP contribution in [0.2, 0.25) is 0 Å². The number of carbonyl (C=O) groups is 1. The molecule has 0 N–H and O–H groups in total. The van der Waals surface area contributed by atoms with Crippen molar-refractivity contribution in [3.63, 3.8) is 0 Å². The molecular weight excluding hydrogens is 268 g/mol. The molecule has 21 heavy (non-hydrogen) atoms. The minimum absolute atomic E-state index is 0.167. The van der Waals surface area contributed by atoms with E-state index < -0.39 is 0 Å². The maximum atomic E-state index is 12.1. The molecule has 0 aromatic rings. The highest BCUT2D eigenvalue weighted by Crippen LogP contribution is 2.46. The summed E-state index contributed by atoms with van der Waals surface area (Å²) in [5, 5.41) is 0. The van der Waals surface area contributed by atoms with E-state index in [9.17, 15) is 4.79 Å². The van der Waals surface area contributed by atoms with Crippen LogP contribution in [0.3, 0.4) is 0 Å². The monoisotopic (exact) mass is 296 g/mol. The molecule has 3 aliphatic rings. The molecule has 3 rings (SSSR count). The van der Waals surface area contributed by atoms with Gasteiger partial charge < -0.3 is 14.4 Å². The maximum Gasteiger partial charge on any atom is 0.409 e. The molecule has 3 saturated heterocycles. The lowest BCUT2D eigenvalue weighted by Gasteiger charge is -2.38. The number of hydrogen-bond acceptors (Lipinski definition) is 4. The minimum Gasteiger partial charge on any atom is -0.448 e. The van der Waals surface area contributed by atoms with Crippen LogP contribution in [0.4, 0.5) is 4.79 Å². The molecule has 0 radical (unpaired) electrons. The van der Waals surface area contributed by atoms with Gasteiger partial charge >= 0.3 is 6.09 Å². The Morgan fingerprint density at radius 3 is 2.76 bits per heavy atom. The number of morpholine rings is 1. The zero-order valence-electron chi connectivity index (χ0n) is 13.3. The number of hydrogen-bond donors (Lipinski definition) is 0. The van der Waals surface area contributed by atoms with E-state index in [0.717, 1.165) is 13.0 Å². The third-order valence-corrected chi connectivity index (χ3v) is 5.68. The highest BCUT2D eigenvalue weighted by molar-refractivity contribution is 5.67. The Bertz CT molecular complexity index is 382. The van der Waals surface area contributed by atoms with Crippen molar-refractivity contribution in [2.45, 2.75) is 51.1 Å². The highest BCUT2D eigenvalue weighted by atomic mass is 16.6.